The molecule has 12 heteroatoms. The lowest BCUT2D eigenvalue weighted by Gasteiger charge is -2.57. The van der Waals surface area contributed by atoms with Crippen molar-refractivity contribution in [1.29, 1.82) is 0 Å². The number of benzene rings is 1. The Bertz CT molecular complexity index is 1020. The lowest BCUT2D eigenvalue weighted by atomic mass is 9.89. The van der Waals surface area contributed by atoms with Gasteiger partial charge in [0, 0.05) is 9.49 Å². The minimum Gasteiger partial charge on any atom is -0.481 e. The van der Waals surface area contributed by atoms with E-state index in [0.717, 1.165) is 11.1 Å². The summed E-state index contributed by atoms with van der Waals surface area (Å²) in [6.45, 7) is 13.4. The lowest BCUT2D eigenvalue weighted by molar-refractivity contribution is -0.139. The molecule has 1 heterocycles. The Morgan fingerprint density at radius 2 is 1.62 bits per heavy atom. The molecule has 192 valence electrons. The van der Waals surface area contributed by atoms with Crippen LogP contribution < -0.4 is 16.4 Å². The lowest BCUT2D eigenvalue weighted by Crippen LogP contribution is -2.68. The predicted molar refractivity (Wildman–Crippen MR) is 131 cm³/mol. The summed E-state index contributed by atoms with van der Waals surface area (Å²) in [4.78, 5) is 34.4. The van der Waals surface area contributed by atoms with Gasteiger partial charge >= 0.3 is 5.97 Å². The van der Waals surface area contributed by atoms with Crippen molar-refractivity contribution in [2.24, 2.45) is 5.73 Å². The summed E-state index contributed by atoms with van der Waals surface area (Å²) < 4.78 is 29.8. The number of amides is 2. The van der Waals surface area contributed by atoms with Crippen molar-refractivity contribution in [1.82, 2.24) is 10.6 Å². The van der Waals surface area contributed by atoms with E-state index in [1.54, 1.807) is 31.7 Å². The Labute approximate surface area is 205 Å². The number of carbonyl (C=O) groups excluding carboxylic acids is 2. The van der Waals surface area contributed by atoms with Crippen LogP contribution in [0.15, 0.2) is 23.1 Å². The average Bonchev–Trinajstić information content (AvgIpc) is 2.66. The minimum atomic E-state index is -4.04. The van der Waals surface area contributed by atoms with E-state index in [0.29, 0.717) is 0 Å². The van der Waals surface area contributed by atoms with Gasteiger partial charge in [-0.1, -0.05) is 6.07 Å². The molecule has 1 aliphatic rings. The van der Waals surface area contributed by atoms with Crippen LogP contribution in [0.1, 0.15) is 52.2 Å². The van der Waals surface area contributed by atoms with Crippen LogP contribution >= 0.6 is 11.8 Å². The Morgan fingerprint density at radius 3 is 2.03 bits per heavy atom. The van der Waals surface area contributed by atoms with Crippen LogP contribution in [0, 0.1) is 13.8 Å². The molecule has 0 unspecified atom stereocenters. The number of hydrogen-bond acceptors (Lipinski definition) is 7. The monoisotopic (exact) mass is 517 g/mol. The smallest absolute Gasteiger partial charge is 0.305 e. The van der Waals surface area contributed by atoms with E-state index in [2.05, 4.69) is 38.3 Å². The number of carboxylic acid groups (broad SMARTS) is 1. The van der Waals surface area contributed by atoms with Crippen molar-refractivity contribution < 1.29 is 32.5 Å². The predicted octanol–water partition coefficient (Wildman–Crippen LogP) is 1.63. The zero-order valence-corrected chi connectivity index (χ0v) is 22.1. The molecule has 2 amide bonds. The van der Waals surface area contributed by atoms with Gasteiger partial charge in [-0.2, -0.15) is 8.42 Å². The van der Waals surface area contributed by atoms with Crippen molar-refractivity contribution in [3.05, 3.63) is 29.3 Å². The van der Waals surface area contributed by atoms with Gasteiger partial charge in [0.1, 0.15) is 6.04 Å². The van der Waals surface area contributed by atoms with Crippen LogP contribution in [0.4, 0.5) is 0 Å². The molecule has 0 bridgehead atoms. The van der Waals surface area contributed by atoms with E-state index in [1.807, 2.05) is 6.92 Å². The van der Waals surface area contributed by atoms with Gasteiger partial charge < -0.3 is 21.5 Å². The second-order valence-electron chi connectivity index (χ2n) is 9.41. The van der Waals surface area contributed by atoms with E-state index in [4.69, 9.17) is 15.4 Å². The number of nitrogens with two attached hydrogens (primary N) is 1. The zero-order valence-electron chi connectivity index (χ0n) is 20.5. The molecule has 0 aliphatic carbocycles. The average molecular weight is 518 g/mol. The Hall–Kier alpha value is -2.15. The summed E-state index contributed by atoms with van der Waals surface area (Å²) in [5.74, 6) is -2.11. The highest BCUT2D eigenvalue weighted by Crippen LogP contribution is 2.54. The first-order valence-electron chi connectivity index (χ1n) is 10.6. The zero-order chi connectivity index (χ0) is 26.6. The quantitative estimate of drug-likeness (QED) is 0.336. The van der Waals surface area contributed by atoms with Gasteiger partial charge in [0.05, 0.1) is 23.4 Å². The summed E-state index contributed by atoms with van der Waals surface area (Å²) in [7, 11) is -4.04. The van der Waals surface area contributed by atoms with Crippen LogP contribution in [-0.4, -0.2) is 63.5 Å². The maximum absolute atomic E-state index is 12.2. The molecule has 0 spiro atoms. The van der Waals surface area contributed by atoms with Crippen molar-refractivity contribution in [3.8, 4) is 0 Å². The number of hydrogen-bond donors (Lipinski definition) is 5. The summed E-state index contributed by atoms with van der Waals surface area (Å²) >= 11 is 1.79. The number of rotatable bonds is 7. The molecule has 1 aromatic carbocycles. The van der Waals surface area contributed by atoms with Crippen molar-refractivity contribution in [2.75, 3.05) is 0 Å². The molecule has 6 N–H and O–H groups in total. The number of carboxylic acids is 1. The first-order chi connectivity index (χ1) is 15.3. The molecule has 2 rings (SSSR count). The van der Waals surface area contributed by atoms with Crippen molar-refractivity contribution >= 4 is 39.7 Å². The Balaban J connectivity index is 0.000000404. The van der Waals surface area contributed by atoms with Gasteiger partial charge in [0.25, 0.3) is 10.1 Å². The molecule has 2 atom stereocenters. The summed E-state index contributed by atoms with van der Waals surface area (Å²) in [5.41, 5.74) is 7.32. The molecule has 0 aromatic heterocycles. The Morgan fingerprint density at radius 1 is 1.09 bits per heavy atom. The summed E-state index contributed by atoms with van der Waals surface area (Å²) in [5, 5.41) is 14.0. The van der Waals surface area contributed by atoms with Crippen LogP contribution in [0.2, 0.25) is 0 Å². The van der Waals surface area contributed by atoms with E-state index >= 15 is 0 Å². The molecule has 10 nitrogen and oxygen atoms in total. The van der Waals surface area contributed by atoms with E-state index < -0.39 is 40.5 Å². The van der Waals surface area contributed by atoms with Gasteiger partial charge in [0.15, 0.2) is 0 Å². The van der Waals surface area contributed by atoms with Crippen LogP contribution in [0.25, 0.3) is 0 Å². The number of nitrogens with one attached hydrogen (secondary N) is 2. The van der Waals surface area contributed by atoms with E-state index in [-0.39, 0.29) is 26.3 Å². The molecule has 34 heavy (non-hydrogen) atoms. The van der Waals surface area contributed by atoms with Gasteiger partial charge in [-0.3, -0.25) is 18.9 Å². The largest absolute Gasteiger partial charge is 0.481 e. The Kier molecular flexibility index (Phi) is 9.72. The fourth-order valence-electron chi connectivity index (χ4n) is 3.73. The molecular formula is C22H35N3O7S2. The first kappa shape index (κ1) is 29.9. The normalized spacial score (nSPS) is 18.4. The van der Waals surface area contributed by atoms with Gasteiger partial charge in [0.2, 0.25) is 11.8 Å². The highest BCUT2D eigenvalue weighted by Gasteiger charge is 2.54. The maximum Gasteiger partial charge on any atom is 0.305 e. The first-order valence-corrected chi connectivity index (χ1v) is 12.9. The standard InChI is InChI=1S/C14H25N3O4S.C8H10O3S/c1-7(16-11(21)8(15)6-9(18)19)10(20)17-12-13(2,3)22-14(12,4)5;1-6-3-4-8(5-7(6)2)12(9,10)11/h7-8,12H,6,15H2,1-5H3,(H,16,21)(H,17,20)(H,18,19);3-5H,1-2H3,(H,9,10,11)/t7-,8+;/m1./s1. The third-order valence-corrected chi connectivity index (χ3v) is 7.84. The number of carbonyl (C=O) groups is 3. The van der Waals surface area contributed by atoms with E-state index in [1.165, 1.54) is 12.1 Å². The molecule has 1 saturated heterocycles. The SMILES string of the molecule is C[C@@H](NC(=O)[C@@H](N)CC(=O)O)C(=O)NC1C(C)(C)SC1(C)C.Cc1ccc(S(=O)(=O)O)cc1C. The second-order valence-corrected chi connectivity index (χ2v) is 13.1. The van der Waals surface area contributed by atoms with Crippen LogP contribution in [0.5, 0.6) is 0 Å². The van der Waals surface area contributed by atoms with Gasteiger partial charge in [-0.05, 0) is 71.7 Å². The molecule has 0 radical (unpaired) electrons. The molecular weight excluding hydrogens is 482 g/mol. The third-order valence-electron chi connectivity index (χ3n) is 5.46. The molecule has 1 fully saturated rings. The van der Waals surface area contributed by atoms with Crippen LogP contribution in [0.3, 0.4) is 0 Å². The van der Waals surface area contributed by atoms with Gasteiger partial charge in [-0.15, -0.1) is 11.8 Å². The fourth-order valence-corrected chi connectivity index (χ4v) is 6.41. The number of aryl methyl sites for hydroxylation is 2. The topological polar surface area (TPSA) is 176 Å². The fraction of sp³-hybridized carbons (Fsp3) is 0.591. The van der Waals surface area contributed by atoms with Crippen molar-refractivity contribution in [3.63, 3.8) is 0 Å². The van der Waals surface area contributed by atoms with Gasteiger partial charge in [-0.25, -0.2) is 0 Å². The molecule has 1 aliphatic heterocycles. The number of aliphatic carboxylic acids is 1. The third kappa shape index (κ3) is 8.26. The molecule has 1 aromatic rings. The minimum absolute atomic E-state index is 0.00968. The maximum atomic E-state index is 12.2. The molecule has 0 saturated carbocycles. The van der Waals surface area contributed by atoms with Crippen molar-refractivity contribution in [2.45, 2.75) is 87.4 Å². The number of thioether (sulfide) groups is 1. The second kappa shape index (κ2) is 11.1. The highest BCUT2D eigenvalue weighted by atomic mass is 32.2. The summed E-state index contributed by atoms with van der Waals surface area (Å²) in [6.07, 6.45) is -0.473. The summed E-state index contributed by atoms with van der Waals surface area (Å²) in [6, 6.07) is 2.55. The highest BCUT2D eigenvalue weighted by molar-refractivity contribution is 8.03. The van der Waals surface area contributed by atoms with Crippen LogP contribution in [-0.2, 0) is 24.5 Å². The van der Waals surface area contributed by atoms with E-state index in [9.17, 15) is 22.8 Å².